The Morgan fingerprint density at radius 2 is 1.44 bits per heavy atom. The van der Waals surface area contributed by atoms with Crippen molar-refractivity contribution in [3.63, 3.8) is 0 Å². The molecule has 0 saturated carbocycles. The quantitative estimate of drug-likeness (QED) is 0.691. The summed E-state index contributed by atoms with van der Waals surface area (Å²) in [4.78, 5) is 2.59. The van der Waals surface area contributed by atoms with Crippen molar-refractivity contribution in [2.24, 2.45) is 17.6 Å². The monoisotopic (exact) mass is 228 g/mol. The molecule has 0 fully saturated rings. The highest BCUT2D eigenvalue weighted by Crippen LogP contribution is 2.13. The van der Waals surface area contributed by atoms with Gasteiger partial charge in [0.1, 0.15) is 0 Å². The van der Waals surface area contributed by atoms with Crippen LogP contribution in [0.5, 0.6) is 0 Å². The average molecular weight is 228 g/mol. The Morgan fingerprint density at radius 3 is 1.75 bits per heavy atom. The zero-order valence-corrected chi connectivity index (χ0v) is 12.2. The molecular weight excluding hydrogens is 196 g/mol. The lowest BCUT2D eigenvalue weighted by molar-refractivity contribution is 0.147. The second kappa shape index (κ2) is 8.08. The maximum absolute atomic E-state index is 6.20. The largest absolute Gasteiger partial charge is 0.326 e. The first-order valence-electron chi connectivity index (χ1n) is 6.91. The van der Waals surface area contributed by atoms with E-state index in [0.29, 0.717) is 18.0 Å². The van der Waals surface area contributed by atoms with Crippen LogP contribution < -0.4 is 5.73 Å². The number of hydrogen-bond acceptors (Lipinski definition) is 2. The summed E-state index contributed by atoms with van der Waals surface area (Å²) in [5.74, 6) is 1.30. The number of nitrogens with zero attached hydrogens (tertiary/aromatic N) is 1. The molecule has 0 rings (SSSR count). The molecule has 0 aliphatic heterocycles. The van der Waals surface area contributed by atoms with E-state index in [2.05, 4.69) is 46.4 Å². The summed E-state index contributed by atoms with van der Waals surface area (Å²) < 4.78 is 0. The van der Waals surface area contributed by atoms with Crippen LogP contribution in [0, 0.1) is 11.8 Å². The third kappa shape index (κ3) is 5.86. The molecule has 0 heterocycles. The van der Waals surface area contributed by atoms with Crippen LogP contribution in [-0.2, 0) is 0 Å². The normalized spacial score (nSPS) is 14.4. The Kier molecular flexibility index (Phi) is 8.04. The van der Waals surface area contributed by atoms with E-state index in [4.69, 9.17) is 5.73 Å². The van der Waals surface area contributed by atoms with Crippen molar-refractivity contribution in [3.8, 4) is 0 Å². The molecule has 0 spiro atoms. The average Bonchev–Trinajstić information content (AvgIpc) is 2.18. The van der Waals surface area contributed by atoms with Gasteiger partial charge in [0.05, 0.1) is 0 Å². The zero-order chi connectivity index (χ0) is 12.7. The van der Waals surface area contributed by atoms with Gasteiger partial charge in [-0.3, -0.25) is 4.90 Å². The molecule has 2 heteroatoms. The van der Waals surface area contributed by atoms with Gasteiger partial charge in [-0.25, -0.2) is 0 Å². The summed E-state index contributed by atoms with van der Waals surface area (Å²) in [5.41, 5.74) is 6.20. The van der Waals surface area contributed by atoms with E-state index in [9.17, 15) is 0 Å². The summed E-state index contributed by atoms with van der Waals surface area (Å²) in [6.07, 6.45) is 2.46. The van der Waals surface area contributed by atoms with Crippen LogP contribution in [0.25, 0.3) is 0 Å². The molecule has 0 aromatic carbocycles. The van der Waals surface area contributed by atoms with Crippen molar-refractivity contribution >= 4 is 0 Å². The second-order valence-corrected chi connectivity index (χ2v) is 5.73. The molecule has 98 valence electrons. The van der Waals surface area contributed by atoms with E-state index in [1.165, 1.54) is 19.4 Å². The minimum atomic E-state index is 0.305. The molecule has 2 N–H and O–H groups in total. The molecule has 0 aromatic rings. The topological polar surface area (TPSA) is 29.3 Å². The predicted molar refractivity (Wildman–Crippen MR) is 73.6 cm³/mol. The Labute approximate surface area is 103 Å². The van der Waals surface area contributed by atoms with Gasteiger partial charge in [0, 0.05) is 25.2 Å². The van der Waals surface area contributed by atoms with Gasteiger partial charge in [0.2, 0.25) is 0 Å². The molecule has 2 nitrogen and oxygen atoms in total. The highest BCUT2D eigenvalue weighted by atomic mass is 15.2. The van der Waals surface area contributed by atoms with Crippen molar-refractivity contribution in [2.75, 3.05) is 13.1 Å². The highest BCUT2D eigenvalue weighted by molar-refractivity contribution is 4.77. The van der Waals surface area contributed by atoms with Crippen molar-refractivity contribution in [1.82, 2.24) is 4.90 Å². The zero-order valence-electron chi connectivity index (χ0n) is 12.2. The van der Waals surface area contributed by atoms with Crippen molar-refractivity contribution in [2.45, 2.75) is 66.5 Å². The summed E-state index contributed by atoms with van der Waals surface area (Å²) in [6, 6.07) is 1.01. The van der Waals surface area contributed by atoms with Crippen LogP contribution in [0.3, 0.4) is 0 Å². The van der Waals surface area contributed by atoms with Gasteiger partial charge in [-0.1, -0.05) is 41.5 Å². The van der Waals surface area contributed by atoms with Gasteiger partial charge in [-0.15, -0.1) is 0 Å². The fraction of sp³-hybridized carbons (Fsp3) is 1.00. The maximum atomic E-state index is 6.20. The van der Waals surface area contributed by atoms with Crippen LogP contribution in [0.4, 0.5) is 0 Å². The van der Waals surface area contributed by atoms with E-state index in [1.54, 1.807) is 0 Å². The van der Waals surface area contributed by atoms with E-state index in [0.717, 1.165) is 12.5 Å². The van der Waals surface area contributed by atoms with E-state index in [1.807, 2.05) is 0 Å². The van der Waals surface area contributed by atoms with Gasteiger partial charge in [-0.05, 0) is 24.7 Å². The Morgan fingerprint density at radius 1 is 0.938 bits per heavy atom. The number of nitrogens with two attached hydrogens (primary N) is 1. The van der Waals surface area contributed by atoms with Gasteiger partial charge in [0.25, 0.3) is 0 Å². The molecule has 0 bridgehead atoms. The molecule has 16 heavy (non-hydrogen) atoms. The number of rotatable bonds is 8. The second-order valence-electron chi connectivity index (χ2n) is 5.73. The lowest BCUT2D eigenvalue weighted by atomic mass is 10.0. The Bertz CT molecular complexity index is 162. The van der Waals surface area contributed by atoms with Crippen LogP contribution in [0.15, 0.2) is 0 Å². The molecule has 0 aliphatic rings. The smallest absolute Gasteiger partial charge is 0.0191 e. The van der Waals surface area contributed by atoms with Crippen molar-refractivity contribution < 1.29 is 0 Å². The number of hydrogen-bond donors (Lipinski definition) is 1. The van der Waals surface area contributed by atoms with Gasteiger partial charge in [0.15, 0.2) is 0 Å². The summed E-state index contributed by atoms with van der Waals surface area (Å²) >= 11 is 0. The SMILES string of the molecule is CCC(CC)N(CC(C)C)CC(N)C(C)C. The molecule has 0 saturated heterocycles. The van der Waals surface area contributed by atoms with E-state index in [-0.39, 0.29) is 0 Å². The van der Waals surface area contributed by atoms with Crippen LogP contribution in [0.2, 0.25) is 0 Å². The summed E-state index contributed by atoms with van der Waals surface area (Å²) in [6.45, 7) is 15.8. The van der Waals surface area contributed by atoms with Crippen LogP contribution in [0.1, 0.15) is 54.4 Å². The third-order valence-corrected chi connectivity index (χ3v) is 3.36. The summed E-state index contributed by atoms with van der Waals surface area (Å²) in [7, 11) is 0. The first kappa shape index (κ1) is 15.9. The highest BCUT2D eigenvalue weighted by Gasteiger charge is 2.20. The first-order chi connectivity index (χ1) is 7.42. The van der Waals surface area contributed by atoms with Gasteiger partial charge in [-0.2, -0.15) is 0 Å². The lowest BCUT2D eigenvalue weighted by Crippen LogP contribution is -2.46. The third-order valence-electron chi connectivity index (χ3n) is 3.36. The summed E-state index contributed by atoms with van der Waals surface area (Å²) in [5, 5.41) is 0. The standard InChI is InChI=1S/C14H32N2/c1-7-13(8-2)16(9-11(3)4)10-14(15)12(5)6/h11-14H,7-10,15H2,1-6H3. The first-order valence-corrected chi connectivity index (χ1v) is 6.91. The van der Waals surface area contributed by atoms with Gasteiger partial charge < -0.3 is 5.73 Å². The van der Waals surface area contributed by atoms with Crippen LogP contribution >= 0.6 is 0 Å². The predicted octanol–water partition coefficient (Wildman–Crippen LogP) is 3.12. The minimum absolute atomic E-state index is 0.305. The maximum Gasteiger partial charge on any atom is 0.0191 e. The van der Waals surface area contributed by atoms with E-state index >= 15 is 0 Å². The van der Waals surface area contributed by atoms with Gasteiger partial charge >= 0.3 is 0 Å². The fourth-order valence-corrected chi connectivity index (χ4v) is 2.13. The molecule has 0 radical (unpaired) electrons. The Hall–Kier alpha value is -0.0800. The van der Waals surface area contributed by atoms with Crippen LogP contribution in [-0.4, -0.2) is 30.1 Å². The van der Waals surface area contributed by atoms with E-state index < -0.39 is 0 Å². The molecule has 0 aliphatic carbocycles. The van der Waals surface area contributed by atoms with Crippen molar-refractivity contribution in [3.05, 3.63) is 0 Å². The van der Waals surface area contributed by atoms with Crippen molar-refractivity contribution in [1.29, 1.82) is 0 Å². The Balaban J connectivity index is 4.40. The fourth-order valence-electron chi connectivity index (χ4n) is 2.13. The lowest BCUT2D eigenvalue weighted by Gasteiger charge is -2.34. The molecule has 0 amide bonds. The molecule has 1 atom stereocenters. The molecular formula is C14H32N2. The molecule has 1 unspecified atom stereocenters. The molecule has 0 aromatic heterocycles. The minimum Gasteiger partial charge on any atom is -0.326 e.